The minimum Gasteiger partial charge on any atom is -0.289 e. The molecule has 2 rings (SSSR count). The Bertz CT molecular complexity index is 726. The fourth-order valence-electron chi connectivity index (χ4n) is 4.03. The van der Waals surface area contributed by atoms with Gasteiger partial charge in [0.2, 0.25) is 0 Å². The Kier molecular flexibility index (Phi) is 5.81. The van der Waals surface area contributed by atoms with Gasteiger partial charge in [-0.3, -0.25) is 4.79 Å². The van der Waals surface area contributed by atoms with Gasteiger partial charge in [-0.05, 0) is 28.7 Å². The predicted octanol–water partition coefficient (Wildman–Crippen LogP) is 7.35. The lowest BCUT2D eigenvalue weighted by Crippen LogP contribution is -2.37. The fraction of sp³-hybridized carbons (Fsp3) is 0.731. The summed E-state index contributed by atoms with van der Waals surface area (Å²) in [6.07, 6.45) is 8.08. The number of Topliss-reactive ketones (excluding diaryl/α,β-unsaturated/α-hetero) is 1. The van der Waals surface area contributed by atoms with E-state index in [9.17, 15) is 4.79 Å². The highest BCUT2D eigenvalue weighted by Gasteiger charge is 2.46. The van der Waals surface area contributed by atoms with Crippen LogP contribution in [0.2, 0.25) is 18.1 Å². The first-order valence-corrected chi connectivity index (χ1v) is 13.9. The van der Waals surface area contributed by atoms with Crippen LogP contribution in [-0.4, -0.2) is 13.9 Å². The summed E-state index contributed by atoms with van der Waals surface area (Å²) in [7, 11) is -1.64. The van der Waals surface area contributed by atoms with Crippen molar-refractivity contribution in [1.29, 1.82) is 0 Å². The minimum atomic E-state index is -1.64. The zero-order chi connectivity index (χ0) is 21.8. The van der Waals surface area contributed by atoms with Gasteiger partial charge >= 0.3 is 0 Å². The first-order valence-electron chi connectivity index (χ1n) is 10.9. The average Bonchev–Trinajstić information content (AvgIpc) is 2.86. The van der Waals surface area contributed by atoms with Gasteiger partial charge in [-0.25, -0.2) is 0 Å². The summed E-state index contributed by atoms with van der Waals surface area (Å²) in [5.41, 5.74) is 5.39. The topological polar surface area (TPSA) is 17.1 Å². The van der Waals surface area contributed by atoms with Crippen molar-refractivity contribution in [3.8, 4) is 11.5 Å². The van der Waals surface area contributed by atoms with Crippen molar-refractivity contribution in [2.24, 2.45) is 22.2 Å². The van der Waals surface area contributed by atoms with Crippen LogP contribution in [0.4, 0.5) is 0 Å². The van der Waals surface area contributed by atoms with Gasteiger partial charge in [-0.2, -0.15) is 0 Å². The summed E-state index contributed by atoms with van der Waals surface area (Å²) in [6.45, 7) is 24.8. The van der Waals surface area contributed by atoms with Crippen LogP contribution in [0.5, 0.6) is 0 Å². The SMILES string of the molecule is CC(C)(C)C1=CC2(C=C(C(C)(C)C)C1=O)CCC[C@H]2C#C[Si](C)(C)C(C)(C)C. The molecule has 0 aromatic heterocycles. The van der Waals surface area contributed by atoms with E-state index in [1.165, 1.54) is 6.42 Å². The highest BCUT2D eigenvalue weighted by Crippen LogP contribution is 2.53. The molecular weight excluding hydrogens is 356 g/mol. The van der Waals surface area contributed by atoms with E-state index in [1.807, 2.05) is 0 Å². The molecule has 0 heterocycles. The van der Waals surface area contributed by atoms with Gasteiger partial charge in [-0.15, -0.1) is 11.5 Å². The highest BCUT2D eigenvalue weighted by atomic mass is 28.3. The van der Waals surface area contributed by atoms with E-state index < -0.39 is 8.07 Å². The molecular formula is C26H42OSi. The second kappa shape index (κ2) is 7.01. The van der Waals surface area contributed by atoms with Crippen LogP contribution in [0.25, 0.3) is 0 Å². The van der Waals surface area contributed by atoms with Gasteiger partial charge in [-0.1, -0.05) is 94.0 Å². The smallest absolute Gasteiger partial charge is 0.185 e. The van der Waals surface area contributed by atoms with Crippen molar-refractivity contribution in [2.75, 3.05) is 0 Å². The van der Waals surface area contributed by atoms with E-state index in [2.05, 4.69) is 99.0 Å². The number of hydrogen-bond donors (Lipinski definition) is 0. The first-order chi connectivity index (χ1) is 12.4. The third-order valence-corrected chi connectivity index (χ3v) is 11.6. The van der Waals surface area contributed by atoms with E-state index >= 15 is 0 Å². The molecule has 2 heteroatoms. The lowest BCUT2D eigenvalue weighted by atomic mass is 9.63. The van der Waals surface area contributed by atoms with Crippen LogP contribution in [0, 0.1) is 33.6 Å². The third kappa shape index (κ3) is 4.40. The maximum Gasteiger partial charge on any atom is 0.185 e. The molecule has 0 amide bonds. The minimum absolute atomic E-state index is 0.0749. The molecule has 1 saturated carbocycles. The molecule has 0 N–H and O–H groups in total. The number of allylic oxidation sites excluding steroid dienone is 4. The zero-order valence-electron chi connectivity index (χ0n) is 20.3. The Labute approximate surface area is 175 Å². The Morgan fingerprint density at radius 1 is 0.929 bits per heavy atom. The normalized spacial score (nSPS) is 23.2. The first kappa shape index (κ1) is 23.2. The van der Waals surface area contributed by atoms with Gasteiger partial charge in [0.1, 0.15) is 8.07 Å². The van der Waals surface area contributed by atoms with Gasteiger partial charge in [0, 0.05) is 22.5 Å². The molecule has 0 unspecified atom stereocenters. The molecule has 0 aliphatic heterocycles. The van der Waals surface area contributed by atoms with E-state index in [1.54, 1.807) is 0 Å². The van der Waals surface area contributed by atoms with Crippen LogP contribution in [0.3, 0.4) is 0 Å². The van der Waals surface area contributed by atoms with Crippen LogP contribution in [0.15, 0.2) is 23.3 Å². The number of hydrogen-bond acceptors (Lipinski definition) is 1. The lowest BCUT2D eigenvalue weighted by molar-refractivity contribution is -0.114. The maximum absolute atomic E-state index is 13.3. The molecule has 1 fully saturated rings. The van der Waals surface area contributed by atoms with Crippen LogP contribution < -0.4 is 0 Å². The molecule has 0 aromatic carbocycles. The van der Waals surface area contributed by atoms with Crippen molar-refractivity contribution in [1.82, 2.24) is 0 Å². The zero-order valence-corrected chi connectivity index (χ0v) is 21.3. The molecule has 1 spiro atoms. The summed E-state index contributed by atoms with van der Waals surface area (Å²) >= 11 is 0. The number of carbonyl (C=O) groups is 1. The molecule has 0 aromatic rings. The van der Waals surface area contributed by atoms with Gasteiger partial charge in [0.15, 0.2) is 5.78 Å². The van der Waals surface area contributed by atoms with E-state index in [4.69, 9.17) is 0 Å². The predicted molar refractivity (Wildman–Crippen MR) is 125 cm³/mol. The van der Waals surface area contributed by atoms with Crippen molar-refractivity contribution in [2.45, 2.75) is 99.7 Å². The molecule has 0 saturated heterocycles. The van der Waals surface area contributed by atoms with E-state index in [0.717, 1.165) is 24.0 Å². The summed E-state index contributed by atoms with van der Waals surface area (Å²) in [5.74, 6) is 4.33. The molecule has 1 atom stereocenters. The molecule has 2 aliphatic carbocycles. The maximum atomic E-state index is 13.3. The lowest BCUT2D eigenvalue weighted by Gasteiger charge is -2.39. The van der Waals surface area contributed by atoms with Crippen molar-refractivity contribution < 1.29 is 4.79 Å². The van der Waals surface area contributed by atoms with Crippen LogP contribution in [-0.2, 0) is 4.79 Å². The van der Waals surface area contributed by atoms with E-state index in [0.29, 0.717) is 5.92 Å². The summed E-state index contributed by atoms with van der Waals surface area (Å²) in [5, 5.41) is 0.271. The Hall–Kier alpha value is -1.07. The number of rotatable bonds is 0. The fourth-order valence-corrected chi connectivity index (χ4v) is 4.94. The molecule has 28 heavy (non-hydrogen) atoms. The second-order valence-corrected chi connectivity index (χ2v) is 17.6. The van der Waals surface area contributed by atoms with Crippen molar-refractivity contribution >= 4 is 13.9 Å². The third-order valence-electron chi connectivity index (χ3n) is 7.12. The van der Waals surface area contributed by atoms with Gasteiger partial charge in [0.25, 0.3) is 0 Å². The molecule has 2 aliphatic rings. The highest BCUT2D eigenvalue weighted by molar-refractivity contribution is 6.87. The number of carbonyl (C=O) groups excluding carboxylic acids is 1. The molecule has 156 valence electrons. The van der Waals surface area contributed by atoms with Crippen molar-refractivity contribution in [3.63, 3.8) is 0 Å². The summed E-state index contributed by atoms with van der Waals surface area (Å²) in [4.78, 5) is 13.3. The van der Waals surface area contributed by atoms with Crippen LogP contribution >= 0.6 is 0 Å². The van der Waals surface area contributed by atoms with Crippen LogP contribution in [0.1, 0.15) is 81.6 Å². The molecule has 0 radical (unpaired) electrons. The van der Waals surface area contributed by atoms with Gasteiger partial charge in [0.05, 0.1) is 0 Å². The second-order valence-electron chi connectivity index (χ2n) is 12.6. The number of ketones is 1. The Morgan fingerprint density at radius 2 is 1.39 bits per heavy atom. The quantitative estimate of drug-likeness (QED) is 0.308. The Balaban J connectivity index is 2.61. The van der Waals surface area contributed by atoms with Crippen molar-refractivity contribution in [3.05, 3.63) is 23.3 Å². The monoisotopic (exact) mass is 398 g/mol. The largest absolute Gasteiger partial charge is 0.289 e. The van der Waals surface area contributed by atoms with E-state index in [-0.39, 0.29) is 27.1 Å². The average molecular weight is 399 g/mol. The summed E-state index contributed by atoms with van der Waals surface area (Å²) < 4.78 is 0. The standard InChI is InChI=1S/C26H42OSi/c1-23(2,3)20-17-26(18-21(22(20)27)24(4,5)6)15-12-13-19(26)14-16-28(10,11)25(7,8)9/h17-19H,12-13,15H2,1-11H3/t19-/m0/s1. The Morgan fingerprint density at radius 3 is 1.79 bits per heavy atom. The summed E-state index contributed by atoms with van der Waals surface area (Å²) in [6, 6.07) is 0. The molecule has 0 bridgehead atoms. The molecule has 1 nitrogen and oxygen atoms in total. The van der Waals surface area contributed by atoms with Gasteiger partial charge < -0.3 is 0 Å².